The maximum atomic E-state index is 12.2. The fourth-order valence-corrected chi connectivity index (χ4v) is 3.42. The maximum Gasteiger partial charge on any atom is 0.239 e. The van der Waals surface area contributed by atoms with Crippen LogP contribution in [0.4, 0.5) is 5.13 Å². The lowest BCUT2D eigenvalue weighted by molar-refractivity contribution is -0.116. The Labute approximate surface area is 167 Å². The molecule has 0 bridgehead atoms. The number of nitrogens with zero attached hydrogens (tertiary/aromatic N) is 5. The first kappa shape index (κ1) is 17.3. The van der Waals surface area contributed by atoms with Crippen LogP contribution in [0.15, 0.2) is 34.4 Å². The van der Waals surface area contributed by atoms with Crippen molar-refractivity contribution in [1.82, 2.24) is 30.3 Å². The van der Waals surface area contributed by atoms with Gasteiger partial charge in [-0.3, -0.25) is 9.89 Å². The normalized spacial score (nSPS) is 12.3. The number of hydrogen-bond acceptors (Lipinski definition) is 10. The minimum atomic E-state index is -0.198. The lowest BCUT2D eigenvalue weighted by Crippen LogP contribution is -2.12. The molecule has 11 nitrogen and oxygen atoms in total. The zero-order valence-electron chi connectivity index (χ0n) is 14.8. The Morgan fingerprint density at radius 1 is 1.24 bits per heavy atom. The summed E-state index contributed by atoms with van der Waals surface area (Å²) in [4.78, 5) is 24.8. The number of carbonyl (C=O) groups is 1. The zero-order valence-corrected chi connectivity index (χ0v) is 15.6. The van der Waals surface area contributed by atoms with Crippen LogP contribution in [0.1, 0.15) is 12.3 Å². The Morgan fingerprint density at radius 2 is 2.17 bits per heavy atom. The molecule has 0 atom stereocenters. The van der Waals surface area contributed by atoms with E-state index in [1.165, 1.54) is 17.7 Å². The molecule has 1 amide bonds. The van der Waals surface area contributed by atoms with E-state index in [2.05, 4.69) is 35.6 Å². The number of rotatable bonds is 6. The van der Waals surface area contributed by atoms with E-state index in [-0.39, 0.29) is 19.1 Å². The Kier molecular flexibility index (Phi) is 4.37. The van der Waals surface area contributed by atoms with Crippen LogP contribution < -0.4 is 14.8 Å². The van der Waals surface area contributed by atoms with E-state index in [9.17, 15) is 4.79 Å². The molecule has 1 aromatic carbocycles. The third kappa shape index (κ3) is 3.65. The van der Waals surface area contributed by atoms with Crippen molar-refractivity contribution in [2.75, 3.05) is 12.1 Å². The van der Waals surface area contributed by atoms with Gasteiger partial charge in [-0.05, 0) is 18.2 Å². The fraction of sp³-hybridized carbons (Fsp3) is 0.176. The number of amides is 1. The summed E-state index contributed by atoms with van der Waals surface area (Å²) < 4.78 is 15.8. The van der Waals surface area contributed by atoms with Crippen molar-refractivity contribution in [1.29, 1.82) is 0 Å². The predicted molar refractivity (Wildman–Crippen MR) is 100 cm³/mol. The molecule has 0 unspecified atom stereocenters. The van der Waals surface area contributed by atoms with Gasteiger partial charge < -0.3 is 19.3 Å². The Hall–Kier alpha value is -3.80. The number of aryl methyl sites for hydroxylation is 1. The summed E-state index contributed by atoms with van der Waals surface area (Å²) >= 11 is 1.34. The molecule has 5 rings (SSSR count). The fourth-order valence-electron chi connectivity index (χ4n) is 2.69. The van der Waals surface area contributed by atoms with Crippen LogP contribution in [0, 0.1) is 0 Å². The summed E-state index contributed by atoms with van der Waals surface area (Å²) in [5, 5.41) is 15.3. The van der Waals surface area contributed by atoms with Gasteiger partial charge in [-0.1, -0.05) is 5.16 Å². The molecule has 0 aliphatic carbocycles. The molecule has 0 fully saturated rings. The summed E-state index contributed by atoms with van der Waals surface area (Å²) in [7, 11) is 0. The van der Waals surface area contributed by atoms with Gasteiger partial charge in [0, 0.05) is 23.8 Å². The van der Waals surface area contributed by atoms with Crippen molar-refractivity contribution in [3.63, 3.8) is 0 Å². The topological polar surface area (TPSA) is 141 Å². The van der Waals surface area contributed by atoms with Gasteiger partial charge in [0.2, 0.25) is 24.4 Å². The number of anilines is 1. The summed E-state index contributed by atoms with van der Waals surface area (Å²) in [5.74, 6) is 2.24. The second kappa shape index (κ2) is 7.31. The number of benzene rings is 1. The first-order chi connectivity index (χ1) is 14.2. The van der Waals surface area contributed by atoms with Gasteiger partial charge in [0.1, 0.15) is 6.33 Å². The Bertz CT molecular complexity index is 1150. The molecular formula is C17H13N7O4S. The lowest BCUT2D eigenvalue weighted by atomic mass is 10.1. The molecule has 146 valence electrons. The van der Waals surface area contributed by atoms with Gasteiger partial charge in [0.15, 0.2) is 22.5 Å². The number of H-pyrrole nitrogens is 1. The van der Waals surface area contributed by atoms with E-state index in [1.54, 1.807) is 0 Å². The quantitative estimate of drug-likeness (QED) is 0.489. The highest BCUT2D eigenvalue weighted by Crippen LogP contribution is 2.36. The number of thiazole rings is 1. The molecule has 12 heteroatoms. The first-order valence-corrected chi connectivity index (χ1v) is 9.46. The minimum absolute atomic E-state index is 0.178. The molecular weight excluding hydrogens is 398 g/mol. The monoisotopic (exact) mass is 411 g/mol. The third-order valence-corrected chi connectivity index (χ3v) is 4.84. The molecule has 4 heterocycles. The van der Waals surface area contributed by atoms with Crippen LogP contribution in [0.2, 0.25) is 0 Å². The molecule has 0 saturated carbocycles. The van der Waals surface area contributed by atoms with Crippen molar-refractivity contribution >= 4 is 22.4 Å². The molecule has 0 spiro atoms. The molecule has 1 aliphatic heterocycles. The van der Waals surface area contributed by atoms with Gasteiger partial charge in [0.25, 0.3) is 0 Å². The molecule has 29 heavy (non-hydrogen) atoms. The van der Waals surface area contributed by atoms with E-state index in [4.69, 9.17) is 14.0 Å². The number of fused-ring (bicyclic) bond motifs is 1. The number of aromatic amines is 1. The molecule has 1 aliphatic rings. The molecule has 2 N–H and O–H groups in total. The van der Waals surface area contributed by atoms with Crippen molar-refractivity contribution in [2.45, 2.75) is 12.8 Å². The van der Waals surface area contributed by atoms with Crippen molar-refractivity contribution in [2.24, 2.45) is 0 Å². The van der Waals surface area contributed by atoms with Gasteiger partial charge in [-0.2, -0.15) is 10.1 Å². The van der Waals surface area contributed by atoms with Gasteiger partial charge in [-0.15, -0.1) is 11.3 Å². The van der Waals surface area contributed by atoms with Crippen LogP contribution in [0.3, 0.4) is 0 Å². The average molecular weight is 411 g/mol. The Morgan fingerprint density at radius 3 is 3.07 bits per heavy atom. The van der Waals surface area contributed by atoms with E-state index in [0.717, 1.165) is 11.3 Å². The van der Waals surface area contributed by atoms with Crippen LogP contribution >= 0.6 is 11.3 Å². The summed E-state index contributed by atoms with van der Waals surface area (Å²) in [6.45, 7) is 0.219. The van der Waals surface area contributed by atoms with Crippen molar-refractivity contribution < 1.29 is 18.8 Å². The highest BCUT2D eigenvalue weighted by Gasteiger charge is 2.16. The molecule has 4 aromatic rings. The smallest absolute Gasteiger partial charge is 0.239 e. The van der Waals surface area contributed by atoms with Gasteiger partial charge in [0.05, 0.1) is 5.69 Å². The number of ether oxygens (including phenoxy) is 2. The van der Waals surface area contributed by atoms with Crippen LogP contribution in [-0.2, 0) is 11.2 Å². The second-order valence-electron chi connectivity index (χ2n) is 6.00. The van der Waals surface area contributed by atoms with E-state index < -0.39 is 0 Å². The number of aromatic nitrogens is 6. The number of hydrogen-bond donors (Lipinski definition) is 2. The third-order valence-electron chi connectivity index (χ3n) is 4.08. The predicted octanol–water partition coefficient (Wildman–Crippen LogP) is 2.28. The van der Waals surface area contributed by atoms with E-state index in [1.807, 2.05) is 23.6 Å². The summed E-state index contributed by atoms with van der Waals surface area (Å²) in [5.41, 5.74) is 1.63. The molecule has 0 saturated heterocycles. The lowest BCUT2D eigenvalue weighted by Gasteiger charge is -2.00. The minimum Gasteiger partial charge on any atom is -0.454 e. The maximum absolute atomic E-state index is 12.2. The highest BCUT2D eigenvalue weighted by atomic mass is 32.1. The van der Waals surface area contributed by atoms with Gasteiger partial charge in [-0.25, -0.2) is 9.97 Å². The Balaban J connectivity index is 1.19. The highest BCUT2D eigenvalue weighted by molar-refractivity contribution is 7.14. The van der Waals surface area contributed by atoms with E-state index >= 15 is 0 Å². The van der Waals surface area contributed by atoms with Gasteiger partial charge >= 0.3 is 0 Å². The van der Waals surface area contributed by atoms with E-state index in [0.29, 0.717) is 40.6 Å². The summed E-state index contributed by atoms with van der Waals surface area (Å²) in [6.07, 6.45) is 1.83. The summed E-state index contributed by atoms with van der Waals surface area (Å²) in [6, 6.07) is 5.60. The SMILES string of the molecule is O=C(CCc1nc(-c2ncn[nH]2)no1)Nc1nc(-c2ccc3c(c2)OCO3)cs1. The van der Waals surface area contributed by atoms with Crippen molar-refractivity contribution in [3.05, 3.63) is 35.8 Å². The molecule has 3 aromatic heterocycles. The van der Waals surface area contributed by atoms with Crippen LogP contribution in [0.25, 0.3) is 22.9 Å². The average Bonchev–Trinajstić information content (AvgIpc) is 3.53. The standard InChI is InChI=1S/C17H13N7O4S/c25-13(3-4-14-22-16(24-28-14)15-18-7-19-23-15)21-17-20-10(6-29-17)9-1-2-11-12(5-9)27-8-26-11/h1-2,5-7H,3-4,8H2,(H,18,19,23)(H,20,21,25). The first-order valence-electron chi connectivity index (χ1n) is 8.58. The second-order valence-corrected chi connectivity index (χ2v) is 6.86. The largest absolute Gasteiger partial charge is 0.454 e. The molecule has 0 radical (unpaired) electrons. The van der Waals surface area contributed by atoms with Crippen LogP contribution in [0.5, 0.6) is 11.5 Å². The zero-order chi connectivity index (χ0) is 19.6. The van der Waals surface area contributed by atoms with Crippen LogP contribution in [-0.4, -0.2) is 43.0 Å². The van der Waals surface area contributed by atoms with Crippen molar-refractivity contribution in [3.8, 4) is 34.4 Å². The number of carbonyl (C=O) groups excluding carboxylic acids is 1. The number of nitrogens with one attached hydrogen (secondary N) is 2.